The average Bonchev–Trinajstić information content (AvgIpc) is 3.04. The van der Waals surface area contributed by atoms with Crippen LogP contribution in [0.15, 0.2) is 35.8 Å². The van der Waals surface area contributed by atoms with Crippen LogP contribution in [0, 0.1) is 0 Å². The van der Waals surface area contributed by atoms with Crippen molar-refractivity contribution in [3.8, 4) is 0 Å². The molecular weight excluding hydrogens is 582 g/mol. The van der Waals surface area contributed by atoms with Crippen LogP contribution < -0.4 is 0 Å². The second-order valence-corrected chi connectivity index (χ2v) is 14.1. The number of esters is 2. The van der Waals surface area contributed by atoms with Gasteiger partial charge in [0.25, 0.3) is 0 Å². The molecule has 0 saturated heterocycles. The van der Waals surface area contributed by atoms with Gasteiger partial charge in [-0.25, -0.2) is 9.59 Å². The van der Waals surface area contributed by atoms with E-state index in [0.717, 1.165) is 25.7 Å². The molecule has 272 valence electrons. The Kier molecular flexibility index (Phi) is 33.7. The number of hydrogen-bond acceptors (Lipinski definition) is 4. The van der Waals surface area contributed by atoms with Crippen molar-refractivity contribution < 1.29 is 23.5 Å². The van der Waals surface area contributed by atoms with Gasteiger partial charge >= 0.3 is 11.9 Å². The third-order valence-corrected chi connectivity index (χ3v) is 8.92. The van der Waals surface area contributed by atoms with E-state index in [2.05, 4.69) is 25.3 Å². The molecule has 0 rings (SSSR count). The summed E-state index contributed by atoms with van der Waals surface area (Å²) in [6.07, 6.45) is 40.8. The molecule has 0 saturated carbocycles. The second-order valence-electron chi connectivity index (χ2n) is 14.1. The number of ether oxygens (including phenoxy) is 2. The Morgan fingerprint density at radius 2 is 0.745 bits per heavy atom. The van der Waals surface area contributed by atoms with Gasteiger partial charge in [-0.15, -0.1) is 11.5 Å². The molecule has 0 heterocycles. The van der Waals surface area contributed by atoms with Crippen molar-refractivity contribution in [3.05, 3.63) is 35.8 Å². The van der Waals surface area contributed by atoms with Crippen molar-refractivity contribution >= 4 is 11.9 Å². The fourth-order valence-corrected chi connectivity index (χ4v) is 5.58. The molecule has 5 nitrogen and oxygen atoms in total. The van der Waals surface area contributed by atoms with Crippen molar-refractivity contribution in [1.82, 2.24) is 0 Å². The molecule has 0 aromatic carbocycles. The summed E-state index contributed by atoms with van der Waals surface area (Å²) in [5.74, 6) is -0.717. The molecule has 47 heavy (non-hydrogen) atoms. The van der Waals surface area contributed by atoms with Crippen molar-refractivity contribution in [3.63, 3.8) is 0 Å². The molecule has 0 aromatic heterocycles. The summed E-state index contributed by atoms with van der Waals surface area (Å²) in [5.41, 5.74) is 5.94. The third-order valence-electron chi connectivity index (χ3n) is 8.92. The third kappa shape index (κ3) is 36.6. The normalized spacial score (nSPS) is 11.0. The van der Waals surface area contributed by atoms with Crippen LogP contribution in [-0.2, 0) is 19.1 Å². The Balaban J connectivity index is 3.72. The molecule has 0 bridgehead atoms. The van der Waals surface area contributed by atoms with Gasteiger partial charge in [0.1, 0.15) is 26.3 Å². The lowest BCUT2D eigenvalue weighted by Crippen LogP contribution is -2.45. The summed E-state index contributed by atoms with van der Waals surface area (Å²) in [7, 11) is 4.08. The first kappa shape index (κ1) is 44.9. The van der Waals surface area contributed by atoms with E-state index >= 15 is 0 Å². The molecule has 0 fully saturated rings. The molecule has 0 aliphatic carbocycles. The standard InChI is InChI=1S/C42H76NO4/c1-5-7-9-11-13-15-17-19-21-23-25-27-29-31-33-35-41(44)46-39-37-43(3,4)38-40-47-42(45)36-34-32-30-28-26-24-22-20-18-16-14-12-10-8-6-2/h31-32,35-36H,5-30,37-40H2,1-4H3/q+1. The van der Waals surface area contributed by atoms with Gasteiger partial charge in [-0.2, -0.15) is 0 Å². The molecule has 0 aromatic rings. The number of quaternary nitrogens is 1. The fourth-order valence-electron chi connectivity index (χ4n) is 5.58. The van der Waals surface area contributed by atoms with Crippen LogP contribution in [0.5, 0.6) is 0 Å². The van der Waals surface area contributed by atoms with Crippen LogP contribution >= 0.6 is 0 Å². The van der Waals surface area contributed by atoms with Gasteiger partial charge < -0.3 is 14.0 Å². The van der Waals surface area contributed by atoms with Crippen LogP contribution in [-0.4, -0.2) is 56.8 Å². The molecule has 5 heteroatoms. The lowest BCUT2D eigenvalue weighted by molar-refractivity contribution is -0.890. The van der Waals surface area contributed by atoms with E-state index in [0.29, 0.717) is 30.8 Å². The van der Waals surface area contributed by atoms with E-state index in [9.17, 15) is 9.59 Å². The number of rotatable bonds is 34. The average molecular weight is 659 g/mol. The quantitative estimate of drug-likeness (QED) is 0.0227. The van der Waals surface area contributed by atoms with Crippen LogP contribution in [0.25, 0.3) is 0 Å². The van der Waals surface area contributed by atoms with Gasteiger partial charge in [-0.3, -0.25) is 0 Å². The maximum atomic E-state index is 12.0. The lowest BCUT2D eigenvalue weighted by atomic mass is 10.0. The maximum absolute atomic E-state index is 12.0. The number of nitrogens with zero attached hydrogens (tertiary/aromatic N) is 1. The van der Waals surface area contributed by atoms with Gasteiger partial charge in [0.15, 0.2) is 0 Å². The van der Waals surface area contributed by atoms with E-state index < -0.39 is 0 Å². The van der Waals surface area contributed by atoms with Crippen LogP contribution in [0.1, 0.15) is 181 Å². The highest BCUT2D eigenvalue weighted by Gasteiger charge is 2.16. The highest BCUT2D eigenvalue weighted by molar-refractivity contribution is 5.82. The number of hydrogen-bond donors (Lipinski definition) is 0. The van der Waals surface area contributed by atoms with Gasteiger partial charge in [0, 0.05) is 0 Å². The Bertz CT molecular complexity index is 781. The van der Waals surface area contributed by atoms with Crippen molar-refractivity contribution in [2.45, 2.75) is 181 Å². The maximum Gasteiger partial charge on any atom is 0.338 e. The summed E-state index contributed by atoms with van der Waals surface area (Å²) in [5, 5.41) is 0. The van der Waals surface area contributed by atoms with Crippen LogP contribution in [0.2, 0.25) is 0 Å². The molecule has 0 spiro atoms. The molecule has 0 atom stereocenters. The highest BCUT2D eigenvalue weighted by atomic mass is 16.5. The Morgan fingerprint density at radius 1 is 0.468 bits per heavy atom. The molecule has 0 N–H and O–H groups in total. The first-order valence-electron chi connectivity index (χ1n) is 19.9. The molecule has 0 unspecified atom stereocenters. The summed E-state index contributed by atoms with van der Waals surface area (Å²) in [6.45, 7) is 6.47. The van der Waals surface area contributed by atoms with Crippen molar-refractivity contribution in [2.75, 3.05) is 40.4 Å². The summed E-state index contributed by atoms with van der Waals surface area (Å²) >= 11 is 0. The van der Waals surface area contributed by atoms with Gasteiger partial charge in [0.2, 0.25) is 0 Å². The molecule has 0 radical (unpaired) electrons. The minimum absolute atomic E-state index is 0.318. The lowest BCUT2D eigenvalue weighted by Gasteiger charge is -2.28. The van der Waals surface area contributed by atoms with Gasteiger partial charge in [0.05, 0.1) is 26.2 Å². The first-order valence-corrected chi connectivity index (χ1v) is 19.9. The molecule has 0 aliphatic heterocycles. The van der Waals surface area contributed by atoms with E-state index in [1.807, 2.05) is 26.2 Å². The summed E-state index contributed by atoms with van der Waals surface area (Å²) in [6, 6.07) is 0. The SMILES string of the molecule is CCCCCCCCCCCCCCC=C=CC(=O)OCC[N+](C)(C)CCOC(=O)C=C=CCCCCCCCCCCCCCC. The second kappa shape index (κ2) is 35.3. The van der Waals surface area contributed by atoms with Crippen LogP contribution in [0.3, 0.4) is 0 Å². The van der Waals surface area contributed by atoms with Crippen molar-refractivity contribution in [1.29, 1.82) is 0 Å². The number of carbonyl (C=O) groups excluding carboxylic acids is 2. The fraction of sp³-hybridized carbons (Fsp3) is 0.810. The Hall–Kier alpha value is -2.06. The van der Waals surface area contributed by atoms with E-state index in [1.165, 1.54) is 153 Å². The van der Waals surface area contributed by atoms with E-state index in [1.54, 1.807) is 0 Å². The summed E-state index contributed by atoms with van der Waals surface area (Å²) < 4.78 is 11.3. The van der Waals surface area contributed by atoms with Gasteiger partial charge in [-0.1, -0.05) is 155 Å². The largest absolute Gasteiger partial charge is 0.456 e. The predicted octanol–water partition coefficient (Wildman–Crippen LogP) is 11.8. The Labute approximate surface area is 291 Å². The smallest absolute Gasteiger partial charge is 0.338 e. The predicted molar refractivity (Wildman–Crippen MR) is 200 cm³/mol. The van der Waals surface area contributed by atoms with Crippen molar-refractivity contribution in [2.24, 2.45) is 0 Å². The molecule has 0 aliphatic rings. The van der Waals surface area contributed by atoms with Gasteiger partial charge in [-0.05, 0) is 37.8 Å². The first-order chi connectivity index (χ1) is 22.9. The van der Waals surface area contributed by atoms with E-state index in [4.69, 9.17) is 9.47 Å². The minimum atomic E-state index is -0.359. The zero-order valence-electron chi connectivity index (χ0n) is 31.6. The number of carbonyl (C=O) groups is 2. The topological polar surface area (TPSA) is 52.6 Å². The monoisotopic (exact) mass is 659 g/mol. The molecule has 0 amide bonds. The van der Waals surface area contributed by atoms with E-state index in [-0.39, 0.29) is 11.9 Å². The van der Waals surface area contributed by atoms with Crippen LogP contribution in [0.4, 0.5) is 0 Å². The highest BCUT2D eigenvalue weighted by Crippen LogP contribution is 2.14. The Morgan fingerprint density at radius 3 is 1.04 bits per heavy atom. The minimum Gasteiger partial charge on any atom is -0.456 e. The summed E-state index contributed by atoms with van der Waals surface area (Å²) in [4.78, 5) is 24.0. The zero-order valence-corrected chi connectivity index (χ0v) is 31.6. The zero-order chi connectivity index (χ0) is 34.5. The number of unbranched alkanes of at least 4 members (excludes halogenated alkanes) is 24. The molecular formula is C42H76NO4+. The number of likely N-dealkylation sites (N-methyl/N-ethyl adjacent to an activating group) is 1.